The van der Waals surface area contributed by atoms with Crippen LogP contribution in [0.25, 0.3) is 0 Å². The molecule has 0 aromatic heterocycles. The highest BCUT2D eigenvalue weighted by Gasteiger charge is 2.67. The zero-order valence-corrected chi connectivity index (χ0v) is 26.4. The maximum Gasteiger partial charge on any atom is 0.478 e. The standard InChI is InChI=1S/C31H47BN4O7/c1-8-21(26(37)33-17-32-42-24-16-20-15-23(30(20,4)5)31(24,6)43-32)34-27(38)22(14-19-12-10-9-11-13-19)35-28(39)25(18(2)3)36-29(40)41-7/h9-13,18,20-25H,8,14-17H2,1-7H3,(H,33,37)(H,34,38)(H,35,39)(H,36,40). The van der Waals surface area contributed by atoms with Gasteiger partial charge < -0.3 is 35.3 Å². The molecule has 43 heavy (non-hydrogen) atoms. The van der Waals surface area contributed by atoms with Gasteiger partial charge in [-0.25, -0.2) is 4.79 Å². The Morgan fingerprint density at radius 3 is 2.26 bits per heavy atom. The molecule has 1 aromatic rings. The lowest BCUT2D eigenvalue weighted by atomic mass is 9.43. The molecule has 1 heterocycles. The van der Waals surface area contributed by atoms with E-state index in [0.29, 0.717) is 18.3 Å². The first kappa shape index (κ1) is 32.8. The van der Waals surface area contributed by atoms with Crippen molar-refractivity contribution in [1.82, 2.24) is 21.3 Å². The van der Waals surface area contributed by atoms with Gasteiger partial charge in [0.25, 0.3) is 0 Å². The van der Waals surface area contributed by atoms with Crippen molar-refractivity contribution in [1.29, 1.82) is 0 Å². The minimum absolute atomic E-state index is 0.0125. The zero-order chi connectivity index (χ0) is 31.5. The number of alkyl carbamates (subject to hydrolysis) is 1. The summed E-state index contributed by atoms with van der Waals surface area (Å²) in [4.78, 5) is 51.8. The van der Waals surface area contributed by atoms with Crippen LogP contribution in [0.5, 0.6) is 0 Å². The number of hydrogen-bond acceptors (Lipinski definition) is 7. The minimum atomic E-state index is -0.989. The predicted molar refractivity (Wildman–Crippen MR) is 162 cm³/mol. The number of hydrogen-bond donors (Lipinski definition) is 4. The van der Waals surface area contributed by atoms with Gasteiger partial charge in [0.05, 0.1) is 25.3 Å². The summed E-state index contributed by atoms with van der Waals surface area (Å²) in [7, 11) is 0.663. The summed E-state index contributed by atoms with van der Waals surface area (Å²) >= 11 is 0. The fourth-order valence-electron chi connectivity index (χ4n) is 7.01. The van der Waals surface area contributed by atoms with Gasteiger partial charge in [-0.3, -0.25) is 14.4 Å². The third-order valence-corrected chi connectivity index (χ3v) is 9.81. The highest BCUT2D eigenvalue weighted by Crippen LogP contribution is 2.65. The molecule has 0 radical (unpaired) electrons. The van der Waals surface area contributed by atoms with Crippen molar-refractivity contribution in [3.63, 3.8) is 0 Å². The van der Waals surface area contributed by atoms with Gasteiger partial charge >= 0.3 is 13.2 Å². The molecule has 2 bridgehead atoms. The van der Waals surface area contributed by atoms with Crippen LogP contribution in [0.4, 0.5) is 4.79 Å². The molecular formula is C31H47BN4O7. The molecule has 11 nitrogen and oxygen atoms in total. The van der Waals surface area contributed by atoms with Crippen LogP contribution in [0.15, 0.2) is 30.3 Å². The fraction of sp³-hybridized carbons (Fsp3) is 0.677. The van der Waals surface area contributed by atoms with Crippen LogP contribution < -0.4 is 21.3 Å². The van der Waals surface area contributed by atoms with Crippen LogP contribution in [-0.2, 0) is 34.9 Å². The van der Waals surface area contributed by atoms with Crippen LogP contribution in [0.2, 0.25) is 0 Å². The van der Waals surface area contributed by atoms with Gasteiger partial charge in [-0.15, -0.1) is 0 Å². The molecule has 0 spiro atoms. The van der Waals surface area contributed by atoms with Crippen molar-refractivity contribution >= 4 is 30.9 Å². The Labute approximate surface area is 255 Å². The van der Waals surface area contributed by atoms with Gasteiger partial charge in [-0.2, -0.15) is 0 Å². The molecule has 1 saturated heterocycles. The van der Waals surface area contributed by atoms with E-state index >= 15 is 0 Å². The van der Waals surface area contributed by atoms with Gasteiger partial charge in [-0.1, -0.05) is 65.0 Å². The van der Waals surface area contributed by atoms with E-state index in [9.17, 15) is 19.2 Å². The SMILES string of the molecule is CCC(NC(=O)C(Cc1ccccc1)NC(=O)C(NC(=O)OC)C(C)C)C(=O)NCB1OC2CC3CC(C3(C)C)C2(C)O1. The summed E-state index contributed by atoms with van der Waals surface area (Å²) in [5.74, 6) is -0.610. The third-order valence-electron chi connectivity index (χ3n) is 9.81. The molecule has 4 fully saturated rings. The highest BCUT2D eigenvalue weighted by atomic mass is 16.7. The summed E-state index contributed by atoms with van der Waals surface area (Å²) in [6.45, 7) is 12.1. The maximum atomic E-state index is 13.5. The molecule has 12 heteroatoms. The number of amides is 4. The van der Waals surface area contributed by atoms with Gasteiger partial charge in [-0.05, 0) is 54.9 Å². The second kappa shape index (κ2) is 13.3. The molecule has 3 aliphatic carbocycles. The van der Waals surface area contributed by atoms with Gasteiger partial charge in [0.1, 0.15) is 18.1 Å². The topological polar surface area (TPSA) is 144 Å². The van der Waals surface area contributed by atoms with E-state index in [1.54, 1.807) is 20.8 Å². The van der Waals surface area contributed by atoms with Crippen molar-refractivity contribution in [2.75, 3.05) is 13.6 Å². The van der Waals surface area contributed by atoms with E-state index in [4.69, 9.17) is 9.31 Å². The number of rotatable bonds is 12. The summed E-state index contributed by atoms with van der Waals surface area (Å²) in [5, 5.41) is 11.0. The monoisotopic (exact) mass is 598 g/mol. The second-order valence-electron chi connectivity index (χ2n) is 13.2. The molecule has 4 N–H and O–H groups in total. The number of carbonyl (C=O) groups excluding carboxylic acids is 4. The summed E-state index contributed by atoms with van der Waals surface area (Å²) in [6, 6.07) is 6.52. The molecule has 5 rings (SSSR count). The number of ether oxygens (including phenoxy) is 1. The average Bonchev–Trinajstić information content (AvgIpc) is 3.33. The molecule has 7 unspecified atom stereocenters. The molecular weight excluding hydrogens is 551 g/mol. The lowest BCUT2D eigenvalue weighted by Crippen LogP contribution is -2.65. The van der Waals surface area contributed by atoms with Crippen LogP contribution >= 0.6 is 0 Å². The minimum Gasteiger partial charge on any atom is -0.453 e. The largest absolute Gasteiger partial charge is 0.478 e. The Morgan fingerprint density at radius 1 is 0.977 bits per heavy atom. The lowest BCUT2D eigenvalue weighted by molar-refractivity contribution is -0.199. The second-order valence-corrected chi connectivity index (χ2v) is 13.2. The van der Waals surface area contributed by atoms with Crippen LogP contribution in [0, 0.1) is 23.2 Å². The molecule has 1 aliphatic heterocycles. The van der Waals surface area contributed by atoms with Crippen molar-refractivity contribution < 1.29 is 33.2 Å². The van der Waals surface area contributed by atoms with E-state index in [1.807, 2.05) is 30.3 Å². The molecule has 4 aliphatic rings. The summed E-state index contributed by atoms with van der Waals surface area (Å²) in [5.41, 5.74) is 0.681. The number of nitrogens with one attached hydrogen (secondary N) is 4. The lowest BCUT2D eigenvalue weighted by Gasteiger charge is -2.64. The Hall–Kier alpha value is -3.12. The van der Waals surface area contributed by atoms with Crippen molar-refractivity contribution in [2.24, 2.45) is 23.2 Å². The molecule has 236 valence electrons. The normalized spacial score (nSPS) is 27.2. The van der Waals surface area contributed by atoms with E-state index in [1.165, 1.54) is 7.11 Å². The maximum absolute atomic E-state index is 13.5. The van der Waals surface area contributed by atoms with E-state index in [2.05, 4.69) is 46.8 Å². The molecule has 4 amide bonds. The Bertz CT molecular complexity index is 1180. The number of carbonyl (C=O) groups is 4. The van der Waals surface area contributed by atoms with Gasteiger partial charge in [0.15, 0.2) is 0 Å². The number of methoxy groups -OCH3 is 1. The first-order valence-corrected chi connectivity index (χ1v) is 15.4. The number of benzene rings is 1. The molecule has 1 aromatic carbocycles. The Morgan fingerprint density at radius 2 is 1.65 bits per heavy atom. The van der Waals surface area contributed by atoms with Crippen LogP contribution in [-0.4, -0.2) is 74.3 Å². The van der Waals surface area contributed by atoms with Gasteiger partial charge in [0, 0.05) is 6.42 Å². The van der Waals surface area contributed by atoms with E-state index in [-0.39, 0.29) is 41.8 Å². The smallest absolute Gasteiger partial charge is 0.453 e. The predicted octanol–water partition coefficient (Wildman–Crippen LogP) is 2.37. The van der Waals surface area contributed by atoms with Crippen molar-refractivity contribution in [3.8, 4) is 0 Å². The van der Waals surface area contributed by atoms with Crippen molar-refractivity contribution in [2.45, 2.75) is 97.1 Å². The first-order valence-electron chi connectivity index (χ1n) is 15.4. The third kappa shape index (κ3) is 7.01. The quantitative estimate of drug-likeness (QED) is 0.271. The van der Waals surface area contributed by atoms with Crippen molar-refractivity contribution in [3.05, 3.63) is 35.9 Å². The summed E-state index contributed by atoms with van der Waals surface area (Å²) < 4.78 is 17.3. The first-order chi connectivity index (χ1) is 20.3. The van der Waals surface area contributed by atoms with Gasteiger partial charge in [0.2, 0.25) is 17.7 Å². The van der Waals surface area contributed by atoms with E-state index in [0.717, 1.165) is 18.4 Å². The van der Waals surface area contributed by atoms with Crippen LogP contribution in [0.3, 0.4) is 0 Å². The van der Waals surface area contributed by atoms with Crippen LogP contribution in [0.1, 0.15) is 66.4 Å². The average molecular weight is 599 g/mol. The molecule has 3 saturated carbocycles. The summed E-state index contributed by atoms with van der Waals surface area (Å²) in [6.07, 6.45) is 2.08. The zero-order valence-electron chi connectivity index (χ0n) is 26.4. The fourth-order valence-corrected chi connectivity index (χ4v) is 7.01. The Balaban J connectivity index is 1.37. The van der Waals surface area contributed by atoms with E-state index < -0.39 is 43.2 Å². The highest BCUT2D eigenvalue weighted by molar-refractivity contribution is 6.46. The molecule has 7 atom stereocenters. The Kier molecular flexibility index (Phi) is 10.1.